The molecule has 2 unspecified atom stereocenters. The second kappa shape index (κ2) is 10.6. The summed E-state index contributed by atoms with van der Waals surface area (Å²) in [5.41, 5.74) is 2.97. The normalized spacial score (nSPS) is 18.7. The van der Waals surface area contributed by atoms with Crippen molar-refractivity contribution in [2.75, 3.05) is 18.0 Å². The molecule has 1 fully saturated rings. The van der Waals surface area contributed by atoms with Crippen LogP contribution in [0.1, 0.15) is 56.0 Å². The monoisotopic (exact) mass is 547 g/mol. The fraction of sp³-hybridized carbons (Fsp3) is 0.333. The molecule has 1 aliphatic heterocycles. The second-order valence-corrected chi connectivity index (χ2v) is 13.6. The molecule has 0 spiro atoms. The number of aromatic nitrogens is 1. The molecular weight excluding hydrogens is 514 g/mol. The zero-order chi connectivity index (χ0) is 27.0. The van der Waals surface area contributed by atoms with E-state index in [-0.39, 0.29) is 10.8 Å². The van der Waals surface area contributed by atoms with E-state index in [2.05, 4.69) is 27.7 Å². The van der Waals surface area contributed by atoms with Crippen molar-refractivity contribution in [2.24, 2.45) is 11.8 Å². The first-order chi connectivity index (χ1) is 18.1. The van der Waals surface area contributed by atoms with Gasteiger partial charge in [0.1, 0.15) is 0 Å². The molecule has 38 heavy (non-hydrogen) atoms. The van der Waals surface area contributed by atoms with Crippen molar-refractivity contribution in [2.45, 2.75) is 44.9 Å². The van der Waals surface area contributed by atoms with Crippen molar-refractivity contribution in [3.63, 3.8) is 0 Å². The fourth-order valence-corrected chi connectivity index (χ4v) is 7.86. The van der Waals surface area contributed by atoms with Crippen molar-refractivity contribution in [3.05, 3.63) is 83.9 Å². The van der Waals surface area contributed by atoms with Crippen LogP contribution in [0.4, 0.5) is 10.8 Å². The average Bonchev–Trinajstić information content (AvgIpc) is 3.32. The molecule has 0 saturated carbocycles. The number of hydrogen-bond donors (Lipinski definition) is 0. The quantitative estimate of drug-likeness (QED) is 0.259. The van der Waals surface area contributed by atoms with Crippen LogP contribution in [0.15, 0.2) is 77.7 Å². The Balaban J connectivity index is 1.55. The van der Waals surface area contributed by atoms with Gasteiger partial charge in [-0.3, -0.25) is 9.69 Å². The maximum absolute atomic E-state index is 14.1. The lowest BCUT2D eigenvalue weighted by Gasteiger charge is -2.34. The van der Waals surface area contributed by atoms with Gasteiger partial charge in [0.25, 0.3) is 5.91 Å². The highest BCUT2D eigenvalue weighted by Gasteiger charge is 2.32. The van der Waals surface area contributed by atoms with Gasteiger partial charge in [-0.15, -0.1) is 0 Å². The Morgan fingerprint density at radius 2 is 1.66 bits per heavy atom. The van der Waals surface area contributed by atoms with Crippen molar-refractivity contribution < 1.29 is 13.2 Å². The molecule has 1 aromatic heterocycles. The molecule has 1 aliphatic rings. The van der Waals surface area contributed by atoms with Gasteiger partial charge in [0.2, 0.25) is 10.0 Å². The Bertz CT molecular complexity index is 1520. The van der Waals surface area contributed by atoms with Crippen LogP contribution in [-0.4, -0.2) is 36.7 Å². The van der Waals surface area contributed by atoms with Gasteiger partial charge in [0, 0.05) is 18.7 Å². The smallest absolute Gasteiger partial charge is 0.264 e. The Labute approximate surface area is 229 Å². The maximum Gasteiger partial charge on any atom is 0.264 e. The Morgan fingerprint density at radius 3 is 2.32 bits per heavy atom. The molecule has 4 aromatic rings. The van der Waals surface area contributed by atoms with E-state index in [1.807, 2.05) is 48.5 Å². The number of thiazole rings is 1. The minimum absolute atomic E-state index is 0.143. The van der Waals surface area contributed by atoms with Crippen LogP contribution in [0.3, 0.4) is 0 Å². The molecule has 5 rings (SSSR count). The minimum atomic E-state index is -3.72. The molecule has 1 saturated heterocycles. The van der Waals surface area contributed by atoms with Gasteiger partial charge in [-0.2, -0.15) is 4.31 Å². The van der Waals surface area contributed by atoms with Crippen LogP contribution >= 0.6 is 11.3 Å². The molecule has 0 bridgehead atoms. The molecule has 8 heteroatoms. The van der Waals surface area contributed by atoms with Crippen molar-refractivity contribution in [1.29, 1.82) is 0 Å². The third-order valence-electron chi connectivity index (χ3n) is 7.05. The lowest BCUT2D eigenvalue weighted by atomic mass is 9.94. The second-order valence-electron chi connectivity index (χ2n) is 10.6. The number of benzene rings is 3. The summed E-state index contributed by atoms with van der Waals surface area (Å²) < 4.78 is 29.7. The molecule has 0 radical (unpaired) electrons. The topological polar surface area (TPSA) is 70.6 Å². The van der Waals surface area contributed by atoms with Crippen molar-refractivity contribution in [3.8, 4) is 0 Å². The Hall–Kier alpha value is -3.07. The van der Waals surface area contributed by atoms with Crippen LogP contribution in [0.5, 0.6) is 0 Å². The Morgan fingerprint density at radius 1 is 0.974 bits per heavy atom. The number of carbonyl (C=O) groups is 1. The number of carbonyl (C=O) groups excluding carboxylic acids is 1. The van der Waals surface area contributed by atoms with Crippen LogP contribution in [0, 0.1) is 11.8 Å². The highest BCUT2D eigenvalue weighted by Crippen LogP contribution is 2.36. The maximum atomic E-state index is 14.1. The number of hydrogen-bond acceptors (Lipinski definition) is 5. The number of rotatable bonds is 6. The van der Waals surface area contributed by atoms with Gasteiger partial charge in [0.15, 0.2) is 5.13 Å². The third kappa shape index (κ3) is 5.25. The molecule has 0 aliphatic carbocycles. The molecule has 2 atom stereocenters. The number of piperidine rings is 1. The predicted octanol–water partition coefficient (Wildman–Crippen LogP) is 7.06. The fourth-order valence-electron chi connectivity index (χ4n) is 5.15. The van der Waals surface area contributed by atoms with E-state index >= 15 is 0 Å². The van der Waals surface area contributed by atoms with Gasteiger partial charge in [-0.05, 0) is 72.2 Å². The lowest BCUT2D eigenvalue weighted by Crippen LogP contribution is -2.42. The van der Waals surface area contributed by atoms with E-state index in [0.717, 1.165) is 16.6 Å². The van der Waals surface area contributed by atoms with Gasteiger partial charge in [-0.25, -0.2) is 13.4 Å². The number of amides is 1. The van der Waals surface area contributed by atoms with E-state index in [4.69, 9.17) is 4.98 Å². The van der Waals surface area contributed by atoms with Gasteiger partial charge < -0.3 is 0 Å². The van der Waals surface area contributed by atoms with Gasteiger partial charge in [0.05, 0.1) is 20.8 Å². The number of nitrogens with zero attached hydrogens (tertiary/aromatic N) is 3. The van der Waals surface area contributed by atoms with E-state index in [0.29, 0.717) is 47.2 Å². The highest BCUT2D eigenvalue weighted by molar-refractivity contribution is 7.89. The molecule has 2 heterocycles. The number of sulfonamides is 1. The number of fused-ring (bicyclic) bond motifs is 1. The molecular formula is C30H33N3O3S2. The number of para-hydroxylation sites is 1. The largest absolute Gasteiger partial charge is 0.268 e. The zero-order valence-electron chi connectivity index (χ0n) is 22.2. The van der Waals surface area contributed by atoms with Crippen molar-refractivity contribution in [1.82, 2.24) is 9.29 Å². The van der Waals surface area contributed by atoms with Crippen LogP contribution in [0.2, 0.25) is 0 Å². The summed E-state index contributed by atoms with van der Waals surface area (Å²) in [6.07, 6.45) is 1.01. The standard InChI is InChI=1S/C30H33N3O3S2/c1-20(2)23-12-14-25(15-13-23)33(30-31-27-10-5-6-11-28(27)37-30)29(34)24-8-7-9-26(17-24)38(35,36)32-18-21(3)16-22(4)19-32/h5-15,17,20-22H,16,18-19H2,1-4H3. The molecule has 3 aromatic carbocycles. The van der Waals surface area contributed by atoms with E-state index in [1.165, 1.54) is 23.0 Å². The summed E-state index contributed by atoms with van der Waals surface area (Å²) in [5, 5.41) is 0.542. The first-order valence-electron chi connectivity index (χ1n) is 13.0. The zero-order valence-corrected chi connectivity index (χ0v) is 23.8. The van der Waals surface area contributed by atoms with E-state index in [1.54, 1.807) is 27.4 Å². The summed E-state index contributed by atoms with van der Waals surface area (Å²) in [6, 6.07) is 22.1. The average molecular weight is 548 g/mol. The summed E-state index contributed by atoms with van der Waals surface area (Å²) in [4.78, 5) is 20.6. The molecule has 198 valence electrons. The highest BCUT2D eigenvalue weighted by atomic mass is 32.2. The minimum Gasteiger partial charge on any atom is -0.268 e. The van der Waals surface area contributed by atoms with Crippen molar-refractivity contribution >= 4 is 48.3 Å². The third-order valence-corrected chi connectivity index (χ3v) is 9.90. The molecule has 6 nitrogen and oxygen atoms in total. The van der Waals surface area contributed by atoms with Gasteiger partial charge in [-0.1, -0.05) is 69.4 Å². The Kier molecular flexibility index (Phi) is 7.40. The van der Waals surface area contributed by atoms with Crippen LogP contribution in [-0.2, 0) is 10.0 Å². The van der Waals surface area contributed by atoms with Crippen LogP contribution < -0.4 is 4.90 Å². The first kappa shape index (κ1) is 26.5. The number of anilines is 2. The first-order valence-corrected chi connectivity index (χ1v) is 15.3. The van der Waals surface area contributed by atoms with E-state index < -0.39 is 10.0 Å². The van der Waals surface area contributed by atoms with Gasteiger partial charge >= 0.3 is 0 Å². The molecule has 1 amide bonds. The van der Waals surface area contributed by atoms with Crippen LogP contribution in [0.25, 0.3) is 10.2 Å². The van der Waals surface area contributed by atoms with E-state index in [9.17, 15) is 13.2 Å². The molecule has 0 N–H and O–H groups in total. The SMILES string of the molecule is CC1CC(C)CN(S(=O)(=O)c2cccc(C(=O)N(c3ccc(C(C)C)cc3)c3nc4ccccc4s3)c2)C1. The summed E-state index contributed by atoms with van der Waals surface area (Å²) >= 11 is 1.43. The summed E-state index contributed by atoms with van der Waals surface area (Å²) in [6.45, 7) is 9.40. The lowest BCUT2D eigenvalue weighted by molar-refractivity contribution is 0.0999. The summed E-state index contributed by atoms with van der Waals surface area (Å²) in [5.74, 6) is 0.625. The summed E-state index contributed by atoms with van der Waals surface area (Å²) in [7, 11) is -3.72. The predicted molar refractivity (Wildman–Crippen MR) is 155 cm³/mol.